The molecule has 1 aromatic heterocycles. The van der Waals surface area contributed by atoms with E-state index in [0.29, 0.717) is 10.7 Å². The normalized spacial score (nSPS) is 10.5. The van der Waals surface area contributed by atoms with Gasteiger partial charge in [-0.1, -0.05) is 48.0 Å². The largest absolute Gasteiger partial charge is 0.292 e. The van der Waals surface area contributed by atoms with Crippen LogP contribution in [-0.2, 0) is 6.42 Å². The standard InChI is InChI=1S/C17H13ClN2O/c18-15-9-5-4-6-13(15)12-17(21)16-10-11-19-20(16)14-7-2-1-3-8-14/h1-11H,12H2. The van der Waals surface area contributed by atoms with E-state index in [1.807, 2.05) is 48.5 Å². The summed E-state index contributed by atoms with van der Waals surface area (Å²) in [5.74, 6) is -0.00977. The van der Waals surface area contributed by atoms with Crippen LogP contribution >= 0.6 is 11.6 Å². The molecule has 0 radical (unpaired) electrons. The first-order valence-electron chi connectivity index (χ1n) is 6.62. The molecule has 0 amide bonds. The van der Waals surface area contributed by atoms with Crippen molar-refractivity contribution in [2.45, 2.75) is 6.42 Å². The van der Waals surface area contributed by atoms with Crippen molar-refractivity contribution in [3.63, 3.8) is 0 Å². The number of aromatic nitrogens is 2. The van der Waals surface area contributed by atoms with Gasteiger partial charge in [0.25, 0.3) is 0 Å². The fourth-order valence-corrected chi connectivity index (χ4v) is 2.40. The zero-order chi connectivity index (χ0) is 14.7. The Morgan fingerprint density at radius 3 is 2.48 bits per heavy atom. The number of para-hydroxylation sites is 1. The molecule has 4 heteroatoms. The molecule has 104 valence electrons. The Kier molecular flexibility index (Phi) is 3.84. The van der Waals surface area contributed by atoms with Crippen molar-refractivity contribution in [2.75, 3.05) is 0 Å². The van der Waals surface area contributed by atoms with Crippen molar-refractivity contribution in [3.8, 4) is 5.69 Å². The summed E-state index contributed by atoms with van der Waals surface area (Å²) in [4.78, 5) is 12.5. The fraction of sp³-hybridized carbons (Fsp3) is 0.0588. The van der Waals surface area contributed by atoms with E-state index in [1.165, 1.54) is 0 Å². The number of ketones is 1. The minimum Gasteiger partial charge on any atom is -0.292 e. The van der Waals surface area contributed by atoms with Crippen LogP contribution in [0.1, 0.15) is 16.1 Å². The summed E-state index contributed by atoms with van der Waals surface area (Å²) >= 11 is 6.11. The summed E-state index contributed by atoms with van der Waals surface area (Å²) < 4.78 is 1.65. The van der Waals surface area contributed by atoms with Gasteiger partial charge in [-0.2, -0.15) is 5.10 Å². The summed E-state index contributed by atoms with van der Waals surface area (Å²) in [6.07, 6.45) is 1.89. The highest BCUT2D eigenvalue weighted by Crippen LogP contribution is 2.18. The molecule has 0 saturated carbocycles. The monoisotopic (exact) mass is 296 g/mol. The van der Waals surface area contributed by atoms with E-state index in [1.54, 1.807) is 23.0 Å². The first-order chi connectivity index (χ1) is 10.3. The van der Waals surface area contributed by atoms with Crippen LogP contribution in [0.15, 0.2) is 66.9 Å². The fourth-order valence-electron chi connectivity index (χ4n) is 2.19. The lowest BCUT2D eigenvalue weighted by Gasteiger charge is -2.07. The quantitative estimate of drug-likeness (QED) is 0.683. The van der Waals surface area contributed by atoms with E-state index in [0.717, 1.165) is 11.3 Å². The van der Waals surface area contributed by atoms with Crippen LogP contribution in [-0.4, -0.2) is 15.6 Å². The topological polar surface area (TPSA) is 34.9 Å². The maximum absolute atomic E-state index is 12.5. The summed E-state index contributed by atoms with van der Waals surface area (Å²) in [6, 6.07) is 18.7. The van der Waals surface area contributed by atoms with Crippen LogP contribution in [0.4, 0.5) is 0 Å². The summed E-state index contributed by atoms with van der Waals surface area (Å²) in [6.45, 7) is 0. The smallest absolute Gasteiger partial charge is 0.185 e. The summed E-state index contributed by atoms with van der Waals surface area (Å²) in [5, 5.41) is 4.84. The van der Waals surface area contributed by atoms with Crippen molar-refractivity contribution < 1.29 is 4.79 Å². The second kappa shape index (κ2) is 5.94. The van der Waals surface area contributed by atoms with Gasteiger partial charge in [0.2, 0.25) is 0 Å². The average Bonchev–Trinajstić information content (AvgIpc) is 3.00. The molecule has 0 saturated heterocycles. The number of Topliss-reactive ketones (excluding diaryl/α,β-unsaturated/α-hetero) is 1. The molecule has 0 aliphatic rings. The van der Waals surface area contributed by atoms with Crippen LogP contribution in [0.25, 0.3) is 5.69 Å². The molecule has 0 bridgehead atoms. The predicted molar refractivity (Wildman–Crippen MR) is 83.1 cm³/mol. The SMILES string of the molecule is O=C(Cc1ccccc1Cl)c1ccnn1-c1ccccc1. The lowest BCUT2D eigenvalue weighted by atomic mass is 10.1. The first kappa shape index (κ1) is 13.6. The van der Waals surface area contributed by atoms with E-state index >= 15 is 0 Å². The van der Waals surface area contributed by atoms with E-state index in [2.05, 4.69) is 5.10 Å². The number of carbonyl (C=O) groups excluding carboxylic acids is 1. The van der Waals surface area contributed by atoms with Gasteiger partial charge in [0.05, 0.1) is 11.9 Å². The second-order valence-electron chi connectivity index (χ2n) is 4.66. The van der Waals surface area contributed by atoms with Gasteiger partial charge in [-0.15, -0.1) is 0 Å². The molecule has 0 spiro atoms. The maximum Gasteiger partial charge on any atom is 0.185 e. The molecular formula is C17H13ClN2O. The van der Waals surface area contributed by atoms with Crippen molar-refractivity contribution in [2.24, 2.45) is 0 Å². The molecule has 0 fully saturated rings. The third-order valence-corrected chi connectivity index (χ3v) is 3.61. The molecule has 3 rings (SSSR count). The average molecular weight is 297 g/mol. The Balaban J connectivity index is 1.90. The number of hydrogen-bond acceptors (Lipinski definition) is 2. The number of benzene rings is 2. The first-order valence-corrected chi connectivity index (χ1v) is 6.99. The Morgan fingerprint density at radius 2 is 1.71 bits per heavy atom. The van der Waals surface area contributed by atoms with Crippen molar-refractivity contribution in [1.29, 1.82) is 0 Å². The molecule has 0 aliphatic carbocycles. The van der Waals surface area contributed by atoms with Crippen molar-refractivity contribution in [3.05, 3.63) is 83.1 Å². The molecule has 21 heavy (non-hydrogen) atoms. The molecule has 3 nitrogen and oxygen atoms in total. The zero-order valence-electron chi connectivity index (χ0n) is 11.2. The molecule has 0 aliphatic heterocycles. The van der Waals surface area contributed by atoms with Gasteiger partial charge in [-0.25, -0.2) is 4.68 Å². The highest BCUT2D eigenvalue weighted by atomic mass is 35.5. The van der Waals surface area contributed by atoms with Crippen molar-refractivity contribution in [1.82, 2.24) is 9.78 Å². The zero-order valence-corrected chi connectivity index (χ0v) is 12.0. The lowest BCUT2D eigenvalue weighted by molar-refractivity contribution is 0.0985. The maximum atomic E-state index is 12.5. The summed E-state index contributed by atoms with van der Waals surface area (Å²) in [5.41, 5.74) is 2.25. The van der Waals surface area contributed by atoms with Crippen LogP contribution in [0, 0.1) is 0 Å². The van der Waals surface area contributed by atoms with E-state index < -0.39 is 0 Å². The Morgan fingerprint density at radius 1 is 1.00 bits per heavy atom. The lowest BCUT2D eigenvalue weighted by Crippen LogP contribution is -2.11. The molecule has 0 atom stereocenters. The highest BCUT2D eigenvalue weighted by Gasteiger charge is 2.15. The van der Waals surface area contributed by atoms with Gasteiger partial charge < -0.3 is 0 Å². The third kappa shape index (κ3) is 2.88. The van der Waals surface area contributed by atoms with Crippen LogP contribution in [0.3, 0.4) is 0 Å². The Labute approximate surface area is 127 Å². The second-order valence-corrected chi connectivity index (χ2v) is 5.06. The molecule has 2 aromatic carbocycles. The van der Waals surface area contributed by atoms with Crippen LogP contribution in [0.5, 0.6) is 0 Å². The van der Waals surface area contributed by atoms with E-state index in [4.69, 9.17) is 11.6 Å². The minimum absolute atomic E-state index is 0.00977. The minimum atomic E-state index is -0.00977. The summed E-state index contributed by atoms with van der Waals surface area (Å²) in [7, 11) is 0. The third-order valence-electron chi connectivity index (χ3n) is 3.24. The molecule has 3 aromatic rings. The van der Waals surface area contributed by atoms with Gasteiger partial charge in [-0.3, -0.25) is 4.79 Å². The highest BCUT2D eigenvalue weighted by molar-refractivity contribution is 6.31. The number of hydrogen-bond donors (Lipinski definition) is 0. The predicted octanol–water partition coefficient (Wildman–Crippen LogP) is 3.95. The molecular weight excluding hydrogens is 284 g/mol. The van der Waals surface area contributed by atoms with Crippen LogP contribution < -0.4 is 0 Å². The van der Waals surface area contributed by atoms with Gasteiger partial charge in [-0.05, 0) is 29.8 Å². The van der Waals surface area contributed by atoms with E-state index in [-0.39, 0.29) is 12.2 Å². The van der Waals surface area contributed by atoms with Gasteiger partial charge in [0.1, 0.15) is 5.69 Å². The van der Waals surface area contributed by atoms with Gasteiger partial charge in [0, 0.05) is 11.4 Å². The Hall–Kier alpha value is -2.39. The van der Waals surface area contributed by atoms with Gasteiger partial charge in [0.15, 0.2) is 5.78 Å². The Bertz CT molecular complexity index is 765. The van der Waals surface area contributed by atoms with E-state index in [9.17, 15) is 4.79 Å². The number of carbonyl (C=O) groups is 1. The number of rotatable bonds is 4. The molecule has 1 heterocycles. The molecule has 0 N–H and O–H groups in total. The van der Waals surface area contributed by atoms with Gasteiger partial charge >= 0.3 is 0 Å². The number of nitrogens with zero attached hydrogens (tertiary/aromatic N) is 2. The molecule has 0 unspecified atom stereocenters. The number of halogens is 1. The van der Waals surface area contributed by atoms with Crippen molar-refractivity contribution >= 4 is 17.4 Å². The van der Waals surface area contributed by atoms with Crippen LogP contribution in [0.2, 0.25) is 5.02 Å².